The Hall–Kier alpha value is -3.81. The highest BCUT2D eigenvalue weighted by Crippen LogP contribution is 2.41. The first-order valence-corrected chi connectivity index (χ1v) is 10.8. The zero-order valence-electron chi connectivity index (χ0n) is 19.1. The number of non-ortho nitro benzene ring substituents is 1. The normalized spacial score (nSPS) is 13.5. The van der Waals surface area contributed by atoms with Gasteiger partial charge in [-0.15, -0.1) is 0 Å². The van der Waals surface area contributed by atoms with Crippen molar-refractivity contribution in [3.63, 3.8) is 0 Å². The molecule has 3 aromatic rings. The van der Waals surface area contributed by atoms with Crippen LogP contribution in [0.3, 0.4) is 0 Å². The zero-order chi connectivity index (χ0) is 23.7. The van der Waals surface area contributed by atoms with Crippen molar-refractivity contribution in [1.29, 1.82) is 0 Å². The third-order valence-electron chi connectivity index (χ3n) is 6.06. The predicted molar refractivity (Wildman–Crippen MR) is 126 cm³/mol. The van der Waals surface area contributed by atoms with Gasteiger partial charge in [0, 0.05) is 46.7 Å². The number of nitrogens with zero attached hydrogens (tertiary/aromatic N) is 1. The van der Waals surface area contributed by atoms with Gasteiger partial charge in [-0.05, 0) is 50.8 Å². The fourth-order valence-electron chi connectivity index (χ4n) is 4.44. The lowest BCUT2D eigenvalue weighted by Crippen LogP contribution is -2.10. The van der Waals surface area contributed by atoms with Crippen molar-refractivity contribution in [2.45, 2.75) is 39.5 Å². The highest BCUT2D eigenvalue weighted by atomic mass is 16.6. The molecule has 0 radical (unpaired) electrons. The number of rotatable bonds is 6. The zero-order valence-corrected chi connectivity index (χ0v) is 19.1. The summed E-state index contributed by atoms with van der Waals surface area (Å²) in [5.74, 6) is 1.60. The van der Waals surface area contributed by atoms with Gasteiger partial charge in [0.05, 0.1) is 24.8 Å². The molecule has 1 aromatic heterocycles. The van der Waals surface area contributed by atoms with E-state index >= 15 is 0 Å². The molecule has 0 unspecified atom stereocenters. The van der Waals surface area contributed by atoms with Crippen LogP contribution in [0.15, 0.2) is 34.8 Å². The molecule has 4 rings (SSSR count). The summed E-state index contributed by atoms with van der Waals surface area (Å²) in [5, 5.41) is 14.9. The number of carbonyl (C=O) groups excluding carboxylic acids is 1. The van der Waals surface area contributed by atoms with E-state index < -0.39 is 10.8 Å². The molecule has 0 spiro atoms. The first kappa shape index (κ1) is 22.4. The number of ether oxygens (including phenoxy) is 2. The molecule has 1 aliphatic carbocycles. The van der Waals surface area contributed by atoms with Crippen LogP contribution in [0, 0.1) is 17.0 Å². The lowest BCUT2D eigenvalue weighted by Gasteiger charge is -2.14. The summed E-state index contributed by atoms with van der Waals surface area (Å²) in [5.41, 5.74) is 4.56. The first-order chi connectivity index (χ1) is 15.8. The van der Waals surface area contributed by atoms with Crippen LogP contribution in [0.2, 0.25) is 0 Å². The van der Waals surface area contributed by atoms with E-state index in [0.29, 0.717) is 17.1 Å². The molecule has 0 aliphatic heterocycles. The van der Waals surface area contributed by atoms with Crippen molar-refractivity contribution in [1.82, 2.24) is 0 Å². The van der Waals surface area contributed by atoms with Crippen molar-refractivity contribution in [2.75, 3.05) is 19.5 Å². The van der Waals surface area contributed by atoms with Gasteiger partial charge < -0.3 is 19.2 Å². The lowest BCUT2D eigenvalue weighted by atomic mass is 9.93. The molecule has 1 heterocycles. The van der Waals surface area contributed by atoms with Gasteiger partial charge in [0.1, 0.15) is 22.8 Å². The number of benzene rings is 2. The standard InChI is InChI=1S/C25H26N2O6/c1-14(11-23(28)26-20-12-16(27(29)30)9-10-22(20)31-3)18-13-19-17-7-5-6-8-21(17)33-25(19)15(2)24(18)32-4/h9-13H,5-8H2,1-4H3,(H,26,28)/b14-11+. The maximum atomic E-state index is 12.8. The van der Waals surface area contributed by atoms with E-state index in [1.54, 1.807) is 7.11 Å². The second-order valence-corrected chi connectivity index (χ2v) is 8.13. The lowest BCUT2D eigenvalue weighted by molar-refractivity contribution is -0.384. The largest absolute Gasteiger partial charge is 0.496 e. The average molecular weight is 450 g/mol. The van der Waals surface area contributed by atoms with Crippen LogP contribution < -0.4 is 14.8 Å². The summed E-state index contributed by atoms with van der Waals surface area (Å²) in [6.45, 7) is 3.79. The molecule has 33 heavy (non-hydrogen) atoms. The van der Waals surface area contributed by atoms with Crippen molar-refractivity contribution in [3.05, 3.63) is 62.9 Å². The maximum absolute atomic E-state index is 12.8. The first-order valence-electron chi connectivity index (χ1n) is 10.8. The van der Waals surface area contributed by atoms with Gasteiger partial charge in [-0.1, -0.05) is 0 Å². The van der Waals surface area contributed by atoms with E-state index in [2.05, 4.69) is 5.32 Å². The van der Waals surface area contributed by atoms with E-state index in [4.69, 9.17) is 13.9 Å². The minimum absolute atomic E-state index is 0.140. The molecule has 0 saturated carbocycles. The number of methoxy groups -OCH3 is 2. The number of nitro benzene ring substituents is 1. The Labute approximate surface area is 191 Å². The maximum Gasteiger partial charge on any atom is 0.271 e. The van der Waals surface area contributed by atoms with E-state index in [1.165, 1.54) is 36.9 Å². The fraction of sp³-hybridized carbons (Fsp3) is 0.320. The van der Waals surface area contributed by atoms with Gasteiger partial charge in [0.25, 0.3) is 5.69 Å². The third-order valence-corrected chi connectivity index (χ3v) is 6.06. The smallest absolute Gasteiger partial charge is 0.271 e. The monoisotopic (exact) mass is 450 g/mol. The Morgan fingerprint density at radius 3 is 2.64 bits per heavy atom. The predicted octanol–water partition coefficient (Wildman–Crippen LogP) is 5.59. The molecule has 1 amide bonds. The van der Waals surface area contributed by atoms with Gasteiger partial charge in [-0.25, -0.2) is 0 Å². The highest BCUT2D eigenvalue weighted by molar-refractivity contribution is 6.05. The number of aryl methyl sites for hydroxylation is 3. The Morgan fingerprint density at radius 2 is 1.94 bits per heavy atom. The van der Waals surface area contributed by atoms with Crippen LogP contribution in [0.25, 0.3) is 16.5 Å². The minimum Gasteiger partial charge on any atom is -0.496 e. The molecule has 1 aliphatic rings. The third kappa shape index (κ3) is 4.16. The molecule has 8 nitrogen and oxygen atoms in total. The summed E-state index contributed by atoms with van der Waals surface area (Å²) in [7, 11) is 3.04. The molecule has 0 atom stereocenters. The van der Waals surface area contributed by atoms with Gasteiger partial charge in [0.2, 0.25) is 5.91 Å². The number of anilines is 1. The van der Waals surface area contributed by atoms with Gasteiger partial charge in [-0.2, -0.15) is 0 Å². The van der Waals surface area contributed by atoms with Crippen molar-refractivity contribution >= 4 is 33.8 Å². The number of amides is 1. The van der Waals surface area contributed by atoms with E-state index in [-0.39, 0.29) is 11.4 Å². The van der Waals surface area contributed by atoms with Crippen molar-refractivity contribution < 1.29 is 23.6 Å². The number of furan rings is 1. The van der Waals surface area contributed by atoms with Gasteiger partial charge in [-0.3, -0.25) is 14.9 Å². The fourth-order valence-corrected chi connectivity index (χ4v) is 4.44. The molecule has 0 bridgehead atoms. The van der Waals surface area contributed by atoms with Crippen LogP contribution in [0.1, 0.15) is 42.2 Å². The quantitative estimate of drug-likeness (QED) is 0.298. The summed E-state index contributed by atoms with van der Waals surface area (Å²) >= 11 is 0. The summed E-state index contributed by atoms with van der Waals surface area (Å²) < 4.78 is 17.1. The Morgan fingerprint density at radius 1 is 1.18 bits per heavy atom. The molecule has 8 heteroatoms. The number of carbonyl (C=O) groups is 1. The molecular formula is C25H26N2O6. The van der Waals surface area contributed by atoms with Crippen LogP contribution in [-0.2, 0) is 17.6 Å². The van der Waals surface area contributed by atoms with Crippen molar-refractivity contribution in [2.24, 2.45) is 0 Å². The number of nitrogens with one attached hydrogen (secondary N) is 1. The van der Waals surface area contributed by atoms with E-state index in [0.717, 1.165) is 53.5 Å². The summed E-state index contributed by atoms with van der Waals surface area (Å²) in [6.07, 6.45) is 5.61. The molecule has 0 fully saturated rings. The molecule has 0 saturated heterocycles. The number of allylic oxidation sites excluding steroid dienone is 1. The van der Waals surface area contributed by atoms with Gasteiger partial charge in [0.15, 0.2) is 0 Å². The molecule has 1 N–H and O–H groups in total. The molecule has 2 aromatic carbocycles. The summed E-state index contributed by atoms with van der Waals surface area (Å²) in [4.78, 5) is 23.4. The Kier molecular flexibility index (Phi) is 6.09. The Bertz CT molecular complexity index is 1290. The highest BCUT2D eigenvalue weighted by Gasteiger charge is 2.23. The summed E-state index contributed by atoms with van der Waals surface area (Å²) in [6, 6.07) is 6.08. The van der Waals surface area contributed by atoms with Crippen molar-refractivity contribution in [3.8, 4) is 11.5 Å². The molecule has 172 valence electrons. The second kappa shape index (κ2) is 8.97. The number of hydrogen-bond donors (Lipinski definition) is 1. The van der Waals surface area contributed by atoms with Crippen LogP contribution in [0.5, 0.6) is 11.5 Å². The SMILES string of the molecule is COc1ccc([N+](=O)[O-])cc1NC(=O)/C=C(\C)c1cc2c3c(oc2c(C)c1OC)CCCC3. The van der Waals surface area contributed by atoms with Crippen LogP contribution in [0.4, 0.5) is 11.4 Å². The number of nitro groups is 1. The average Bonchev–Trinajstić information content (AvgIpc) is 3.18. The minimum atomic E-state index is -0.523. The van der Waals surface area contributed by atoms with Crippen LogP contribution in [-0.4, -0.2) is 25.1 Å². The van der Waals surface area contributed by atoms with E-state index in [1.807, 2.05) is 19.9 Å². The topological polar surface area (TPSA) is 104 Å². The molecular weight excluding hydrogens is 424 g/mol. The van der Waals surface area contributed by atoms with Crippen LogP contribution >= 0.6 is 0 Å². The Balaban J connectivity index is 1.71. The number of fused-ring (bicyclic) bond motifs is 3. The van der Waals surface area contributed by atoms with E-state index in [9.17, 15) is 14.9 Å². The number of hydrogen-bond acceptors (Lipinski definition) is 6. The van der Waals surface area contributed by atoms with Gasteiger partial charge >= 0.3 is 0 Å². The second-order valence-electron chi connectivity index (χ2n) is 8.13.